The lowest BCUT2D eigenvalue weighted by atomic mass is 10.3. The summed E-state index contributed by atoms with van der Waals surface area (Å²) in [6.07, 6.45) is 0. The Bertz CT molecular complexity index is 557. The van der Waals surface area contributed by atoms with Crippen molar-refractivity contribution in [3.8, 4) is 5.75 Å². The lowest BCUT2D eigenvalue weighted by Crippen LogP contribution is -2.01. The van der Waals surface area contributed by atoms with Crippen LogP contribution in [0, 0.1) is 5.82 Å². The molecular formula is C10H9BrClFO3S. The number of rotatable bonds is 4. The molecule has 3 nitrogen and oxygen atoms in total. The highest BCUT2D eigenvalue weighted by Gasteiger charge is 2.19. The van der Waals surface area contributed by atoms with Gasteiger partial charge in [0.2, 0.25) is 0 Å². The van der Waals surface area contributed by atoms with Crippen molar-refractivity contribution in [1.29, 1.82) is 0 Å². The van der Waals surface area contributed by atoms with E-state index in [9.17, 15) is 12.8 Å². The maximum Gasteiger partial charge on any atom is 0.264 e. The summed E-state index contributed by atoms with van der Waals surface area (Å²) in [5.74, 6) is -0.769. The minimum absolute atomic E-state index is 0.189. The van der Waals surface area contributed by atoms with Crippen LogP contribution in [0.1, 0.15) is 6.92 Å². The molecule has 0 saturated carbocycles. The van der Waals surface area contributed by atoms with Crippen LogP contribution < -0.4 is 4.74 Å². The van der Waals surface area contributed by atoms with Gasteiger partial charge in [-0.2, -0.15) is 0 Å². The second-order valence-electron chi connectivity index (χ2n) is 3.40. The van der Waals surface area contributed by atoms with Crippen molar-refractivity contribution in [1.82, 2.24) is 0 Å². The molecule has 1 aromatic rings. The molecule has 0 aliphatic rings. The van der Waals surface area contributed by atoms with Gasteiger partial charge < -0.3 is 4.74 Å². The van der Waals surface area contributed by atoms with E-state index in [4.69, 9.17) is 15.4 Å². The van der Waals surface area contributed by atoms with Crippen molar-refractivity contribution >= 4 is 35.7 Å². The minimum Gasteiger partial charge on any atom is -0.488 e. The topological polar surface area (TPSA) is 43.4 Å². The number of benzene rings is 1. The van der Waals surface area contributed by atoms with Gasteiger partial charge in [0.05, 0.1) is 4.47 Å². The SMILES string of the molecule is C=C(C)COc1cc(F)c(S(=O)(=O)Cl)cc1Br. The molecule has 0 N–H and O–H groups in total. The van der Waals surface area contributed by atoms with Gasteiger partial charge in [0.15, 0.2) is 0 Å². The van der Waals surface area contributed by atoms with E-state index >= 15 is 0 Å². The van der Waals surface area contributed by atoms with Crippen LogP contribution in [-0.2, 0) is 9.05 Å². The van der Waals surface area contributed by atoms with E-state index in [0.29, 0.717) is 4.47 Å². The van der Waals surface area contributed by atoms with E-state index in [0.717, 1.165) is 17.7 Å². The lowest BCUT2D eigenvalue weighted by Gasteiger charge is -2.09. The van der Waals surface area contributed by atoms with E-state index in [1.54, 1.807) is 6.92 Å². The van der Waals surface area contributed by atoms with Gasteiger partial charge in [-0.15, -0.1) is 0 Å². The Kier molecular flexibility index (Phi) is 4.57. The number of halogens is 3. The third-order valence-corrected chi connectivity index (χ3v) is 3.68. The molecule has 0 bridgehead atoms. The number of hydrogen-bond donors (Lipinski definition) is 0. The lowest BCUT2D eigenvalue weighted by molar-refractivity contribution is 0.347. The molecule has 0 amide bonds. The molecule has 94 valence electrons. The Morgan fingerprint density at radius 3 is 2.65 bits per heavy atom. The second-order valence-corrected chi connectivity index (χ2v) is 6.79. The summed E-state index contributed by atoms with van der Waals surface area (Å²) < 4.78 is 41.1. The molecule has 17 heavy (non-hydrogen) atoms. The third kappa shape index (κ3) is 3.97. The smallest absolute Gasteiger partial charge is 0.264 e. The first-order valence-corrected chi connectivity index (χ1v) is 7.53. The zero-order valence-electron chi connectivity index (χ0n) is 8.84. The molecular weight excluding hydrogens is 335 g/mol. The van der Waals surface area contributed by atoms with Crippen LogP contribution in [-0.4, -0.2) is 15.0 Å². The summed E-state index contributed by atoms with van der Waals surface area (Å²) in [6, 6.07) is 2.02. The van der Waals surface area contributed by atoms with Crippen LogP contribution >= 0.6 is 26.6 Å². The van der Waals surface area contributed by atoms with Crippen molar-refractivity contribution in [2.75, 3.05) is 6.61 Å². The zero-order chi connectivity index (χ0) is 13.2. The fourth-order valence-corrected chi connectivity index (χ4v) is 2.52. The van der Waals surface area contributed by atoms with Crippen LogP contribution in [0.2, 0.25) is 0 Å². The van der Waals surface area contributed by atoms with E-state index in [2.05, 4.69) is 22.5 Å². The summed E-state index contributed by atoms with van der Waals surface area (Å²) in [7, 11) is 0.962. The summed E-state index contributed by atoms with van der Waals surface area (Å²) in [6.45, 7) is 5.59. The van der Waals surface area contributed by atoms with Crippen LogP contribution in [0.25, 0.3) is 0 Å². The molecule has 0 aliphatic heterocycles. The van der Waals surface area contributed by atoms with E-state index in [1.165, 1.54) is 0 Å². The monoisotopic (exact) mass is 342 g/mol. The molecule has 1 aromatic carbocycles. The molecule has 0 spiro atoms. The van der Waals surface area contributed by atoms with E-state index in [-0.39, 0.29) is 12.4 Å². The second kappa shape index (κ2) is 5.37. The Morgan fingerprint density at radius 1 is 1.59 bits per heavy atom. The fraction of sp³-hybridized carbons (Fsp3) is 0.200. The van der Waals surface area contributed by atoms with Gasteiger partial charge in [0.1, 0.15) is 23.1 Å². The molecule has 0 fully saturated rings. The Morgan fingerprint density at radius 2 is 2.18 bits per heavy atom. The van der Waals surface area contributed by atoms with Gasteiger partial charge in [0, 0.05) is 16.7 Å². The molecule has 0 atom stereocenters. The first-order valence-electron chi connectivity index (χ1n) is 4.42. The zero-order valence-corrected chi connectivity index (χ0v) is 12.0. The maximum absolute atomic E-state index is 13.5. The van der Waals surface area contributed by atoms with Crippen molar-refractivity contribution in [2.24, 2.45) is 0 Å². The summed E-state index contributed by atoms with van der Waals surface area (Å²) in [5, 5.41) is 0. The van der Waals surface area contributed by atoms with Crippen LogP contribution in [0.5, 0.6) is 5.75 Å². The van der Waals surface area contributed by atoms with Crippen molar-refractivity contribution in [3.05, 3.63) is 34.6 Å². The van der Waals surface area contributed by atoms with Gasteiger partial charge in [-0.3, -0.25) is 0 Å². The first-order chi connectivity index (χ1) is 7.71. The standard InChI is InChI=1S/C10H9BrClFO3S/c1-6(2)5-16-9-4-8(13)10(3-7(9)11)17(12,14)15/h3-4H,1,5H2,2H3. The van der Waals surface area contributed by atoms with Gasteiger partial charge >= 0.3 is 0 Å². The number of ether oxygens (including phenoxy) is 1. The highest BCUT2D eigenvalue weighted by atomic mass is 79.9. The predicted octanol–water partition coefficient (Wildman–Crippen LogP) is 3.47. The average molecular weight is 344 g/mol. The fourth-order valence-electron chi connectivity index (χ4n) is 1.01. The normalized spacial score (nSPS) is 11.3. The molecule has 0 unspecified atom stereocenters. The van der Waals surface area contributed by atoms with Gasteiger partial charge in [0.25, 0.3) is 9.05 Å². The van der Waals surface area contributed by atoms with E-state index in [1.807, 2.05) is 0 Å². The van der Waals surface area contributed by atoms with Crippen molar-refractivity contribution in [2.45, 2.75) is 11.8 Å². The van der Waals surface area contributed by atoms with Gasteiger partial charge in [-0.1, -0.05) is 6.58 Å². The molecule has 0 heterocycles. The molecule has 0 radical (unpaired) electrons. The molecule has 0 aromatic heterocycles. The largest absolute Gasteiger partial charge is 0.488 e. The van der Waals surface area contributed by atoms with Crippen LogP contribution in [0.3, 0.4) is 0 Å². The first kappa shape index (κ1) is 14.5. The van der Waals surface area contributed by atoms with Crippen LogP contribution in [0.4, 0.5) is 4.39 Å². The quantitative estimate of drug-likeness (QED) is 0.621. The summed E-state index contributed by atoms with van der Waals surface area (Å²) >= 11 is 3.08. The summed E-state index contributed by atoms with van der Waals surface area (Å²) in [4.78, 5) is -0.589. The highest BCUT2D eigenvalue weighted by Crippen LogP contribution is 2.31. The van der Waals surface area contributed by atoms with Crippen LogP contribution in [0.15, 0.2) is 33.7 Å². The van der Waals surface area contributed by atoms with E-state index < -0.39 is 19.8 Å². The molecule has 0 saturated heterocycles. The predicted molar refractivity (Wildman–Crippen MR) is 67.4 cm³/mol. The summed E-state index contributed by atoms with van der Waals surface area (Å²) in [5.41, 5.74) is 0.756. The third-order valence-electron chi connectivity index (χ3n) is 1.72. The maximum atomic E-state index is 13.5. The Balaban J connectivity index is 3.14. The van der Waals surface area contributed by atoms with Gasteiger partial charge in [-0.25, -0.2) is 12.8 Å². The number of hydrogen-bond acceptors (Lipinski definition) is 3. The highest BCUT2D eigenvalue weighted by molar-refractivity contribution is 9.10. The minimum atomic E-state index is -4.11. The molecule has 1 rings (SSSR count). The average Bonchev–Trinajstić information content (AvgIpc) is 2.17. The van der Waals surface area contributed by atoms with Gasteiger partial charge in [-0.05, 0) is 34.5 Å². The Labute approximate surface area is 112 Å². The van der Waals surface area contributed by atoms with Crippen molar-refractivity contribution < 1.29 is 17.5 Å². The molecule has 7 heteroatoms. The molecule has 0 aliphatic carbocycles. The van der Waals surface area contributed by atoms with Crippen molar-refractivity contribution in [3.63, 3.8) is 0 Å². The Hall–Kier alpha value is -0.590.